The molecule has 2 aromatic rings. The van der Waals surface area contributed by atoms with Gasteiger partial charge in [-0.2, -0.15) is 5.26 Å². The molecule has 0 bridgehead atoms. The van der Waals surface area contributed by atoms with Crippen LogP contribution in [0.5, 0.6) is 0 Å². The van der Waals surface area contributed by atoms with Crippen LogP contribution in [0.2, 0.25) is 0 Å². The zero-order valence-corrected chi connectivity index (χ0v) is 19.5. The molecule has 1 saturated carbocycles. The van der Waals surface area contributed by atoms with Crippen molar-refractivity contribution in [2.24, 2.45) is 0 Å². The van der Waals surface area contributed by atoms with Gasteiger partial charge < -0.3 is 4.90 Å². The van der Waals surface area contributed by atoms with Gasteiger partial charge >= 0.3 is 0 Å². The normalized spacial score (nSPS) is 18.4. The molecule has 2 aromatic carbocycles. The molecule has 162 valence electrons. The highest BCUT2D eigenvalue weighted by Gasteiger charge is 2.24. The van der Waals surface area contributed by atoms with Crippen LogP contribution < -0.4 is 0 Å². The molecule has 0 N–H and O–H groups in total. The first-order chi connectivity index (χ1) is 14.7. The van der Waals surface area contributed by atoms with Crippen LogP contribution in [0.25, 0.3) is 0 Å². The SMILES string of the molecule is CC#N.CCN(CCCc1ccc(C2CCCCC2Cl)cc1)CCc1ccccc1. The summed E-state index contributed by atoms with van der Waals surface area (Å²) in [5.74, 6) is 0.558. The zero-order valence-electron chi connectivity index (χ0n) is 18.7. The van der Waals surface area contributed by atoms with Crippen LogP contribution in [0.1, 0.15) is 68.6 Å². The van der Waals surface area contributed by atoms with Crippen LogP contribution in [0.4, 0.5) is 0 Å². The highest BCUT2D eigenvalue weighted by molar-refractivity contribution is 6.21. The molecular formula is C27H37ClN2. The molecule has 1 aliphatic rings. The van der Waals surface area contributed by atoms with Gasteiger partial charge in [0.25, 0.3) is 0 Å². The van der Waals surface area contributed by atoms with Crippen molar-refractivity contribution in [1.82, 2.24) is 4.90 Å². The van der Waals surface area contributed by atoms with E-state index in [1.54, 1.807) is 6.07 Å². The van der Waals surface area contributed by atoms with Crippen LogP contribution >= 0.6 is 11.6 Å². The van der Waals surface area contributed by atoms with Crippen LogP contribution in [0.15, 0.2) is 54.6 Å². The maximum absolute atomic E-state index is 7.32. The molecule has 0 radical (unpaired) electrons. The number of rotatable bonds is 9. The summed E-state index contributed by atoms with van der Waals surface area (Å²) in [6.45, 7) is 7.16. The molecule has 3 heteroatoms. The Morgan fingerprint density at radius 1 is 0.933 bits per heavy atom. The maximum Gasteiger partial charge on any atom is 0.0587 e. The maximum atomic E-state index is 7.32. The molecule has 2 nitrogen and oxygen atoms in total. The smallest absolute Gasteiger partial charge is 0.0587 e. The van der Waals surface area contributed by atoms with Crippen molar-refractivity contribution in [3.8, 4) is 6.07 Å². The Bertz CT molecular complexity index is 736. The molecule has 2 unspecified atom stereocenters. The molecule has 0 spiro atoms. The van der Waals surface area contributed by atoms with Gasteiger partial charge in [-0.05, 0) is 61.9 Å². The van der Waals surface area contributed by atoms with E-state index in [0.717, 1.165) is 25.9 Å². The van der Waals surface area contributed by atoms with Crippen molar-refractivity contribution in [3.05, 3.63) is 71.3 Å². The number of hydrogen-bond acceptors (Lipinski definition) is 2. The minimum absolute atomic E-state index is 0.326. The number of alkyl halides is 1. The van der Waals surface area contributed by atoms with E-state index >= 15 is 0 Å². The summed E-state index contributed by atoms with van der Waals surface area (Å²) in [7, 11) is 0. The Labute approximate surface area is 188 Å². The lowest BCUT2D eigenvalue weighted by atomic mass is 9.83. The van der Waals surface area contributed by atoms with Gasteiger partial charge in [-0.1, -0.05) is 74.4 Å². The Hall–Kier alpha value is -1.82. The lowest BCUT2D eigenvalue weighted by Gasteiger charge is -2.27. The molecule has 0 amide bonds. The Morgan fingerprint density at radius 2 is 1.57 bits per heavy atom. The molecule has 30 heavy (non-hydrogen) atoms. The van der Waals surface area contributed by atoms with Gasteiger partial charge in [0.1, 0.15) is 0 Å². The molecule has 3 rings (SSSR count). The van der Waals surface area contributed by atoms with Crippen molar-refractivity contribution in [2.45, 2.75) is 70.1 Å². The third-order valence-electron chi connectivity index (χ3n) is 6.04. The zero-order chi connectivity index (χ0) is 21.6. The average molecular weight is 425 g/mol. The van der Waals surface area contributed by atoms with E-state index in [1.165, 1.54) is 62.3 Å². The third-order valence-corrected chi connectivity index (χ3v) is 6.56. The lowest BCUT2D eigenvalue weighted by Crippen LogP contribution is -2.27. The van der Waals surface area contributed by atoms with Crippen LogP contribution in [0, 0.1) is 11.3 Å². The summed E-state index contributed by atoms with van der Waals surface area (Å²) < 4.78 is 0. The molecular weight excluding hydrogens is 388 g/mol. The second-order valence-corrected chi connectivity index (χ2v) is 8.71. The highest BCUT2D eigenvalue weighted by Crippen LogP contribution is 2.36. The van der Waals surface area contributed by atoms with Crippen molar-refractivity contribution in [2.75, 3.05) is 19.6 Å². The van der Waals surface area contributed by atoms with Gasteiger partial charge in [-0.25, -0.2) is 0 Å². The monoisotopic (exact) mass is 424 g/mol. The first-order valence-corrected chi connectivity index (χ1v) is 11.9. The summed E-state index contributed by atoms with van der Waals surface area (Å²) in [5, 5.41) is 7.65. The molecule has 1 aliphatic carbocycles. The number of likely N-dealkylation sites (N-methyl/N-ethyl adjacent to an activating group) is 1. The lowest BCUT2D eigenvalue weighted by molar-refractivity contribution is 0.288. The summed E-state index contributed by atoms with van der Waals surface area (Å²) in [4.78, 5) is 2.57. The largest absolute Gasteiger partial charge is 0.303 e. The second-order valence-electron chi connectivity index (χ2n) is 8.15. The minimum Gasteiger partial charge on any atom is -0.303 e. The molecule has 0 heterocycles. The minimum atomic E-state index is 0.326. The Morgan fingerprint density at radius 3 is 2.20 bits per heavy atom. The van der Waals surface area contributed by atoms with E-state index in [1.807, 2.05) is 0 Å². The standard InChI is InChI=1S/C25H34ClN.C2H3N/c1-2-27(20-18-21-9-4-3-5-10-21)19-8-11-22-14-16-23(17-15-22)24-12-6-7-13-25(24)26;1-2-3/h3-5,9-10,14-17,24-25H,2,6-8,11-13,18-20H2,1H3;1H3. The van der Waals surface area contributed by atoms with Crippen LogP contribution in [-0.2, 0) is 12.8 Å². The number of nitriles is 1. The fourth-order valence-corrected chi connectivity index (χ4v) is 4.69. The number of halogens is 1. The Kier molecular flexibility index (Phi) is 11.6. The van der Waals surface area contributed by atoms with Gasteiger partial charge in [0.05, 0.1) is 6.07 Å². The third kappa shape index (κ3) is 8.50. The number of hydrogen-bond donors (Lipinski definition) is 0. The van der Waals surface area contributed by atoms with Gasteiger partial charge in [0.15, 0.2) is 0 Å². The van der Waals surface area contributed by atoms with Gasteiger partial charge in [0.2, 0.25) is 0 Å². The molecule has 0 aromatic heterocycles. The average Bonchev–Trinajstić information content (AvgIpc) is 2.78. The van der Waals surface area contributed by atoms with Gasteiger partial charge in [0, 0.05) is 24.8 Å². The second kappa shape index (κ2) is 14.2. The van der Waals surface area contributed by atoms with E-state index in [-0.39, 0.29) is 0 Å². The fraction of sp³-hybridized carbons (Fsp3) is 0.519. The predicted molar refractivity (Wildman–Crippen MR) is 129 cm³/mol. The molecule has 2 atom stereocenters. The number of aryl methyl sites for hydroxylation is 1. The molecule has 1 fully saturated rings. The van der Waals surface area contributed by atoms with E-state index in [9.17, 15) is 0 Å². The summed E-state index contributed by atoms with van der Waals surface area (Å²) >= 11 is 6.56. The van der Waals surface area contributed by atoms with E-state index < -0.39 is 0 Å². The van der Waals surface area contributed by atoms with Crippen LogP contribution in [0.3, 0.4) is 0 Å². The summed E-state index contributed by atoms with van der Waals surface area (Å²) in [5.41, 5.74) is 4.34. The summed E-state index contributed by atoms with van der Waals surface area (Å²) in [6, 6.07) is 21.9. The first-order valence-electron chi connectivity index (χ1n) is 11.5. The fourth-order valence-electron chi connectivity index (χ4n) is 4.26. The van der Waals surface area contributed by atoms with E-state index in [4.69, 9.17) is 16.9 Å². The van der Waals surface area contributed by atoms with Crippen LogP contribution in [-0.4, -0.2) is 29.9 Å². The highest BCUT2D eigenvalue weighted by atomic mass is 35.5. The quantitative estimate of drug-likeness (QED) is 0.406. The van der Waals surface area contributed by atoms with Gasteiger partial charge in [-0.3, -0.25) is 0 Å². The Balaban J connectivity index is 0.00000101. The first kappa shape index (κ1) is 24.4. The molecule has 0 saturated heterocycles. The summed E-state index contributed by atoms with van der Waals surface area (Å²) in [6.07, 6.45) is 8.57. The number of nitrogens with zero attached hydrogens (tertiary/aromatic N) is 2. The van der Waals surface area contributed by atoms with Gasteiger partial charge in [-0.15, -0.1) is 11.6 Å². The predicted octanol–water partition coefficient (Wildman–Crippen LogP) is 6.98. The van der Waals surface area contributed by atoms with Crippen molar-refractivity contribution >= 4 is 11.6 Å². The van der Waals surface area contributed by atoms with Crippen molar-refractivity contribution in [1.29, 1.82) is 5.26 Å². The number of benzene rings is 2. The van der Waals surface area contributed by atoms with Crippen molar-refractivity contribution < 1.29 is 0 Å². The van der Waals surface area contributed by atoms with E-state index in [2.05, 4.69) is 66.4 Å². The van der Waals surface area contributed by atoms with Crippen molar-refractivity contribution in [3.63, 3.8) is 0 Å². The topological polar surface area (TPSA) is 27.0 Å². The molecule has 0 aliphatic heterocycles. The van der Waals surface area contributed by atoms with E-state index in [0.29, 0.717) is 11.3 Å².